The van der Waals surface area contributed by atoms with Crippen LogP contribution in [0.4, 0.5) is 0 Å². The van der Waals surface area contributed by atoms with Gasteiger partial charge in [0.2, 0.25) is 0 Å². The van der Waals surface area contributed by atoms with Gasteiger partial charge in [0, 0.05) is 19.3 Å². The van der Waals surface area contributed by atoms with Crippen molar-refractivity contribution in [2.24, 2.45) is 0 Å². The molecule has 0 aromatic carbocycles. The number of rotatable bonds is 49. The summed E-state index contributed by atoms with van der Waals surface area (Å²) in [4.78, 5) is 38.0. The quantitative estimate of drug-likeness (QED) is 0.0262. The zero-order valence-corrected chi connectivity index (χ0v) is 42.7. The van der Waals surface area contributed by atoms with Crippen LogP contribution in [0.25, 0.3) is 0 Å². The van der Waals surface area contributed by atoms with E-state index in [4.69, 9.17) is 14.2 Å². The lowest BCUT2D eigenvalue weighted by Gasteiger charge is -2.18. The molecule has 6 nitrogen and oxygen atoms in total. The summed E-state index contributed by atoms with van der Waals surface area (Å²) in [5, 5.41) is 0. The molecule has 0 fully saturated rings. The molecule has 1 atom stereocenters. The lowest BCUT2D eigenvalue weighted by Crippen LogP contribution is -2.30. The van der Waals surface area contributed by atoms with Crippen molar-refractivity contribution >= 4 is 17.9 Å². The van der Waals surface area contributed by atoms with Gasteiger partial charge in [-0.25, -0.2) is 0 Å². The van der Waals surface area contributed by atoms with Crippen LogP contribution in [0.5, 0.6) is 0 Å². The maximum absolute atomic E-state index is 12.8. The predicted molar refractivity (Wildman–Crippen MR) is 279 cm³/mol. The van der Waals surface area contributed by atoms with Crippen LogP contribution in [0, 0.1) is 0 Å². The van der Waals surface area contributed by atoms with Gasteiger partial charge in [-0.1, -0.05) is 235 Å². The van der Waals surface area contributed by atoms with Gasteiger partial charge in [-0.3, -0.25) is 14.4 Å². The fourth-order valence-electron chi connectivity index (χ4n) is 7.54. The van der Waals surface area contributed by atoms with Gasteiger partial charge < -0.3 is 14.2 Å². The Labute approximate surface area is 402 Å². The summed E-state index contributed by atoms with van der Waals surface area (Å²) in [5.41, 5.74) is 0. The van der Waals surface area contributed by atoms with Crippen molar-refractivity contribution in [3.8, 4) is 0 Å². The van der Waals surface area contributed by atoms with E-state index in [0.29, 0.717) is 19.3 Å². The highest BCUT2D eigenvalue weighted by Crippen LogP contribution is 2.15. The lowest BCUT2D eigenvalue weighted by molar-refractivity contribution is -0.166. The van der Waals surface area contributed by atoms with E-state index >= 15 is 0 Å². The molecule has 0 amide bonds. The van der Waals surface area contributed by atoms with Gasteiger partial charge in [-0.05, 0) is 83.5 Å². The first-order valence-electron chi connectivity index (χ1n) is 27.4. The maximum Gasteiger partial charge on any atom is 0.306 e. The van der Waals surface area contributed by atoms with E-state index in [2.05, 4.69) is 87.6 Å². The molecule has 0 saturated carbocycles. The fourth-order valence-corrected chi connectivity index (χ4v) is 7.54. The third-order valence-corrected chi connectivity index (χ3v) is 11.7. The van der Waals surface area contributed by atoms with Crippen molar-refractivity contribution in [3.05, 3.63) is 72.9 Å². The zero-order chi connectivity index (χ0) is 47.2. The topological polar surface area (TPSA) is 78.9 Å². The van der Waals surface area contributed by atoms with Gasteiger partial charge >= 0.3 is 17.9 Å². The van der Waals surface area contributed by atoms with Crippen LogP contribution in [0.1, 0.15) is 265 Å². The van der Waals surface area contributed by atoms with E-state index in [-0.39, 0.29) is 31.6 Å². The second-order valence-corrected chi connectivity index (χ2v) is 18.1. The van der Waals surface area contributed by atoms with Crippen molar-refractivity contribution in [2.75, 3.05) is 13.2 Å². The minimum Gasteiger partial charge on any atom is -0.462 e. The Kier molecular flexibility index (Phi) is 50.9. The summed E-state index contributed by atoms with van der Waals surface area (Å²) in [6.45, 7) is 6.55. The number of hydrogen-bond acceptors (Lipinski definition) is 6. The number of carbonyl (C=O) groups excluding carboxylic acids is 3. The Hall–Kier alpha value is -3.15. The average molecular weight is 907 g/mol. The molecule has 6 heteroatoms. The van der Waals surface area contributed by atoms with Crippen LogP contribution < -0.4 is 0 Å². The Morgan fingerprint density at radius 3 is 0.969 bits per heavy atom. The van der Waals surface area contributed by atoms with Crippen LogP contribution in [0.2, 0.25) is 0 Å². The van der Waals surface area contributed by atoms with E-state index in [0.717, 1.165) is 70.6 Å². The molecule has 0 aliphatic heterocycles. The lowest BCUT2D eigenvalue weighted by atomic mass is 10.0. The van der Waals surface area contributed by atoms with Gasteiger partial charge in [0.1, 0.15) is 13.2 Å². The number of allylic oxidation sites excluding steroid dienone is 12. The normalized spacial score (nSPS) is 12.6. The molecule has 0 aliphatic carbocycles. The molecule has 0 aromatic rings. The summed E-state index contributed by atoms with van der Waals surface area (Å²) in [7, 11) is 0. The molecule has 65 heavy (non-hydrogen) atoms. The number of unbranched alkanes of at least 4 members (excludes halogenated alkanes) is 26. The summed E-state index contributed by atoms with van der Waals surface area (Å²) in [5.74, 6) is -0.992. The van der Waals surface area contributed by atoms with Crippen LogP contribution >= 0.6 is 0 Å². The predicted octanol–water partition coefficient (Wildman–Crippen LogP) is 18.2. The Morgan fingerprint density at radius 2 is 0.585 bits per heavy atom. The molecule has 0 radical (unpaired) electrons. The van der Waals surface area contributed by atoms with Gasteiger partial charge in [-0.2, -0.15) is 0 Å². The Balaban J connectivity index is 4.50. The van der Waals surface area contributed by atoms with Gasteiger partial charge in [-0.15, -0.1) is 0 Å². The van der Waals surface area contributed by atoms with Crippen LogP contribution in [-0.2, 0) is 28.6 Å². The summed E-state index contributed by atoms with van der Waals surface area (Å²) < 4.78 is 16.7. The molecule has 0 saturated heterocycles. The number of hydrogen-bond donors (Lipinski definition) is 0. The van der Waals surface area contributed by atoms with Gasteiger partial charge in [0.25, 0.3) is 0 Å². The molecule has 0 bridgehead atoms. The van der Waals surface area contributed by atoms with Gasteiger partial charge in [0.15, 0.2) is 6.10 Å². The summed E-state index contributed by atoms with van der Waals surface area (Å²) in [6, 6.07) is 0. The van der Waals surface area contributed by atoms with Crippen LogP contribution in [0.15, 0.2) is 72.9 Å². The molecule has 0 rings (SSSR count). The third kappa shape index (κ3) is 51.7. The van der Waals surface area contributed by atoms with Crippen molar-refractivity contribution in [2.45, 2.75) is 271 Å². The first-order valence-corrected chi connectivity index (χ1v) is 27.4. The first kappa shape index (κ1) is 61.9. The highest BCUT2D eigenvalue weighted by Gasteiger charge is 2.19. The second-order valence-electron chi connectivity index (χ2n) is 18.1. The van der Waals surface area contributed by atoms with Crippen molar-refractivity contribution in [3.63, 3.8) is 0 Å². The highest BCUT2D eigenvalue weighted by atomic mass is 16.6. The second kappa shape index (κ2) is 53.5. The summed E-state index contributed by atoms with van der Waals surface area (Å²) >= 11 is 0. The van der Waals surface area contributed by atoms with Crippen LogP contribution in [-0.4, -0.2) is 37.2 Å². The van der Waals surface area contributed by atoms with E-state index in [1.165, 1.54) is 148 Å². The minimum absolute atomic E-state index is 0.106. The van der Waals surface area contributed by atoms with Crippen molar-refractivity contribution in [1.29, 1.82) is 0 Å². The Morgan fingerprint density at radius 1 is 0.308 bits per heavy atom. The largest absolute Gasteiger partial charge is 0.462 e. The van der Waals surface area contributed by atoms with E-state index < -0.39 is 12.1 Å². The first-order chi connectivity index (χ1) is 32.0. The van der Waals surface area contributed by atoms with Crippen molar-refractivity contribution in [1.82, 2.24) is 0 Å². The molecule has 0 unspecified atom stereocenters. The number of carbonyl (C=O) groups is 3. The molecule has 0 spiro atoms. The molecule has 374 valence electrons. The molecule has 0 N–H and O–H groups in total. The Bertz CT molecular complexity index is 1230. The standard InChI is InChI=1S/C59H102O6/c1-4-7-10-13-16-19-22-25-27-28-29-30-32-35-38-41-44-47-50-53-59(62)65-56(54-63-57(60)51-48-45-42-39-36-33-24-21-18-15-12-9-6-3)55-64-58(61)52-49-46-43-40-37-34-31-26-23-20-17-14-11-8-5-2/h16,19,25-27,29-31,35,38,44,47,56H,4-15,17-18,20-24,28,32-34,36-37,39-43,45-46,48-55H2,1-3H3/b19-16-,27-25-,30-29-,31-26-,38-35-,47-44-/t56-/m0/s1. The van der Waals surface area contributed by atoms with E-state index in [9.17, 15) is 14.4 Å². The van der Waals surface area contributed by atoms with Gasteiger partial charge in [0.05, 0.1) is 0 Å². The minimum atomic E-state index is -0.816. The summed E-state index contributed by atoms with van der Waals surface area (Å²) in [6.07, 6.45) is 67.5. The van der Waals surface area contributed by atoms with E-state index in [1.807, 2.05) is 6.08 Å². The SMILES string of the molecule is CCCCC/C=C\C/C=C\C/C=C\C/C=C\C/C=C\CCC(=O)O[C@H](COC(=O)CCCCCCC/C=C\CCCCCCCC)COC(=O)CCCCCCCCCCCCCCC. The van der Waals surface area contributed by atoms with Crippen LogP contribution in [0.3, 0.4) is 0 Å². The maximum atomic E-state index is 12.8. The molecule has 0 heterocycles. The smallest absolute Gasteiger partial charge is 0.306 e. The van der Waals surface area contributed by atoms with E-state index in [1.54, 1.807) is 0 Å². The average Bonchev–Trinajstić information content (AvgIpc) is 3.30. The highest BCUT2D eigenvalue weighted by molar-refractivity contribution is 5.71. The monoisotopic (exact) mass is 907 g/mol. The fraction of sp³-hybridized carbons (Fsp3) is 0.746. The molecular weight excluding hydrogens is 805 g/mol. The molecular formula is C59H102O6. The number of ether oxygens (including phenoxy) is 3. The molecule has 0 aromatic heterocycles. The zero-order valence-electron chi connectivity index (χ0n) is 42.7. The number of esters is 3. The van der Waals surface area contributed by atoms with Crippen molar-refractivity contribution < 1.29 is 28.6 Å². The third-order valence-electron chi connectivity index (χ3n) is 11.7. The molecule has 0 aliphatic rings.